The van der Waals surface area contributed by atoms with E-state index in [0.29, 0.717) is 11.3 Å². The standard InChI is InChI=1S/C11H16FNO/c1-11(2,7-14)10(12)8-5-3-4-6-9(8)13/h3-6,10,14H,7,13H2,1-2H3. The molecule has 0 bridgehead atoms. The van der Waals surface area contributed by atoms with Crippen molar-refractivity contribution in [1.29, 1.82) is 0 Å². The van der Waals surface area contributed by atoms with Gasteiger partial charge in [-0.15, -0.1) is 0 Å². The zero-order valence-electron chi connectivity index (χ0n) is 8.50. The first-order chi connectivity index (χ1) is 6.49. The lowest BCUT2D eigenvalue weighted by Crippen LogP contribution is -2.23. The molecule has 0 saturated heterocycles. The Morgan fingerprint density at radius 2 is 2.00 bits per heavy atom. The molecule has 0 fully saturated rings. The molecule has 1 aromatic rings. The summed E-state index contributed by atoms with van der Waals surface area (Å²) in [4.78, 5) is 0. The van der Waals surface area contributed by atoms with Gasteiger partial charge in [-0.05, 0) is 6.07 Å². The van der Waals surface area contributed by atoms with Gasteiger partial charge in [0.05, 0.1) is 6.61 Å². The Hall–Kier alpha value is -1.09. The second-order valence-electron chi connectivity index (χ2n) is 4.14. The van der Waals surface area contributed by atoms with Crippen LogP contribution in [-0.2, 0) is 0 Å². The van der Waals surface area contributed by atoms with E-state index >= 15 is 0 Å². The highest BCUT2D eigenvalue weighted by molar-refractivity contribution is 5.48. The lowest BCUT2D eigenvalue weighted by atomic mass is 9.84. The molecule has 0 aliphatic heterocycles. The first-order valence-electron chi connectivity index (χ1n) is 4.58. The maximum absolute atomic E-state index is 13.9. The topological polar surface area (TPSA) is 46.2 Å². The minimum atomic E-state index is -1.24. The minimum Gasteiger partial charge on any atom is -0.398 e. The number of benzene rings is 1. The number of rotatable bonds is 3. The summed E-state index contributed by atoms with van der Waals surface area (Å²) < 4.78 is 13.9. The van der Waals surface area contributed by atoms with Gasteiger partial charge in [-0.25, -0.2) is 4.39 Å². The number of anilines is 1. The second-order valence-corrected chi connectivity index (χ2v) is 4.14. The first kappa shape index (κ1) is 11.0. The number of hydrogen-bond donors (Lipinski definition) is 2. The number of aliphatic hydroxyl groups excluding tert-OH is 1. The van der Waals surface area contributed by atoms with Crippen LogP contribution in [0.3, 0.4) is 0 Å². The molecule has 0 heterocycles. The van der Waals surface area contributed by atoms with E-state index in [0.717, 1.165) is 0 Å². The lowest BCUT2D eigenvalue weighted by Gasteiger charge is -2.27. The third-order valence-electron chi connectivity index (χ3n) is 2.36. The quantitative estimate of drug-likeness (QED) is 0.730. The van der Waals surface area contributed by atoms with Gasteiger partial charge in [0.15, 0.2) is 0 Å². The van der Waals surface area contributed by atoms with Crippen LogP contribution in [0.15, 0.2) is 24.3 Å². The summed E-state index contributed by atoms with van der Waals surface area (Å²) in [5, 5.41) is 9.04. The van der Waals surface area contributed by atoms with Crippen molar-refractivity contribution in [3.05, 3.63) is 29.8 Å². The highest BCUT2D eigenvalue weighted by Gasteiger charge is 2.31. The molecule has 78 valence electrons. The molecule has 1 rings (SSSR count). The highest BCUT2D eigenvalue weighted by atomic mass is 19.1. The normalized spacial score (nSPS) is 14.0. The second kappa shape index (κ2) is 3.96. The highest BCUT2D eigenvalue weighted by Crippen LogP contribution is 2.38. The van der Waals surface area contributed by atoms with Crippen LogP contribution in [0.2, 0.25) is 0 Å². The minimum absolute atomic E-state index is 0.206. The van der Waals surface area contributed by atoms with Crippen molar-refractivity contribution in [2.45, 2.75) is 20.0 Å². The van der Waals surface area contributed by atoms with Gasteiger partial charge in [-0.2, -0.15) is 0 Å². The van der Waals surface area contributed by atoms with Gasteiger partial charge in [0.2, 0.25) is 0 Å². The third-order valence-corrected chi connectivity index (χ3v) is 2.36. The van der Waals surface area contributed by atoms with E-state index in [-0.39, 0.29) is 6.61 Å². The first-order valence-corrected chi connectivity index (χ1v) is 4.58. The Morgan fingerprint density at radius 3 is 2.50 bits per heavy atom. The zero-order chi connectivity index (χ0) is 10.8. The number of alkyl halides is 1. The van der Waals surface area contributed by atoms with Crippen LogP contribution in [-0.4, -0.2) is 11.7 Å². The van der Waals surface area contributed by atoms with Crippen molar-refractivity contribution in [2.24, 2.45) is 5.41 Å². The van der Waals surface area contributed by atoms with Gasteiger partial charge < -0.3 is 10.8 Å². The van der Waals surface area contributed by atoms with E-state index in [1.165, 1.54) is 0 Å². The predicted octanol–water partition coefficient (Wildman–Crippen LogP) is 2.30. The van der Waals surface area contributed by atoms with E-state index < -0.39 is 11.6 Å². The van der Waals surface area contributed by atoms with E-state index in [4.69, 9.17) is 10.8 Å². The Labute approximate surface area is 83.6 Å². The third kappa shape index (κ3) is 2.04. The maximum Gasteiger partial charge on any atom is 0.134 e. The van der Waals surface area contributed by atoms with Crippen LogP contribution in [0.25, 0.3) is 0 Å². The summed E-state index contributed by atoms with van der Waals surface area (Å²) in [7, 11) is 0. The Balaban J connectivity index is 3.00. The van der Waals surface area contributed by atoms with Crippen LogP contribution in [0.4, 0.5) is 10.1 Å². The molecule has 0 aliphatic rings. The Morgan fingerprint density at radius 1 is 1.43 bits per heavy atom. The van der Waals surface area contributed by atoms with Crippen molar-refractivity contribution in [3.63, 3.8) is 0 Å². The SMILES string of the molecule is CC(C)(CO)C(F)c1ccccc1N. The van der Waals surface area contributed by atoms with Crippen LogP contribution in [0.1, 0.15) is 25.6 Å². The van der Waals surface area contributed by atoms with Crippen LogP contribution in [0, 0.1) is 5.41 Å². The molecule has 0 saturated carbocycles. The van der Waals surface area contributed by atoms with Gasteiger partial charge in [0.25, 0.3) is 0 Å². The average molecular weight is 197 g/mol. The number of aliphatic hydroxyl groups is 1. The molecule has 0 amide bonds. The maximum atomic E-state index is 13.9. The lowest BCUT2D eigenvalue weighted by molar-refractivity contribution is 0.0669. The molecule has 1 atom stereocenters. The van der Waals surface area contributed by atoms with E-state index in [1.807, 2.05) is 0 Å². The van der Waals surface area contributed by atoms with Crippen molar-refractivity contribution in [2.75, 3.05) is 12.3 Å². The largest absolute Gasteiger partial charge is 0.398 e. The summed E-state index contributed by atoms with van der Waals surface area (Å²) in [6.45, 7) is 3.14. The number of nitrogens with two attached hydrogens (primary N) is 1. The molecule has 3 N–H and O–H groups in total. The van der Waals surface area contributed by atoms with Crippen molar-refractivity contribution in [1.82, 2.24) is 0 Å². The van der Waals surface area contributed by atoms with Crippen molar-refractivity contribution >= 4 is 5.69 Å². The zero-order valence-corrected chi connectivity index (χ0v) is 8.50. The van der Waals surface area contributed by atoms with E-state index in [9.17, 15) is 4.39 Å². The monoisotopic (exact) mass is 197 g/mol. The fraction of sp³-hybridized carbons (Fsp3) is 0.455. The predicted molar refractivity (Wildman–Crippen MR) is 55.6 cm³/mol. The summed E-state index contributed by atoms with van der Waals surface area (Å²) in [5.74, 6) is 0. The molecular formula is C11H16FNO. The molecule has 0 aliphatic carbocycles. The molecule has 3 heteroatoms. The van der Waals surface area contributed by atoms with Gasteiger partial charge in [-0.1, -0.05) is 32.0 Å². The smallest absolute Gasteiger partial charge is 0.134 e. The molecule has 1 unspecified atom stereocenters. The van der Waals surface area contributed by atoms with Gasteiger partial charge in [-0.3, -0.25) is 0 Å². The molecule has 1 aromatic carbocycles. The van der Waals surface area contributed by atoms with Crippen molar-refractivity contribution < 1.29 is 9.50 Å². The molecule has 0 spiro atoms. The summed E-state index contributed by atoms with van der Waals surface area (Å²) >= 11 is 0. The van der Waals surface area contributed by atoms with Crippen molar-refractivity contribution in [3.8, 4) is 0 Å². The van der Waals surface area contributed by atoms with Gasteiger partial charge in [0, 0.05) is 16.7 Å². The van der Waals surface area contributed by atoms with Crippen LogP contribution < -0.4 is 5.73 Å². The number of para-hydroxylation sites is 1. The summed E-state index contributed by atoms with van der Waals surface area (Å²) in [6, 6.07) is 6.82. The Kier molecular flexibility index (Phi) is 3.11. The van der Waals surface area contributed by atoms with Gasteiger partial charge >= 0.3 is 0 Å². The Bertz CT molecular complexity index is 312. The number of nitrogen functional groups attached to an aromatic ring is 1. The number of halogens is 1. The van der Waals surface area contributed by atoms with Crippen LogP contribution >= 0.6 is 0 Å². The molecule has 0 radical (unpaired) electrons. The molecular weight excluding hydrogens is 181 g/mol. The molecule has 2 nitrogen and oxygen atoms in total. The summed E-state index contributed by atoms with van der Waals surface area (Å²) in [5.41, 5.74) is 5.74. The molecule has 14 heavy (non-hydrogen) atoms. The van der Waals surface area contributed by atoms with Crippen LogP contribution in [0.5, 0.6) is 0 Å². The number of hydrogen-bond acceptors (Lipinski definition) is 2. The average Bonchev–Trinajstić information content (AvgIpc) is 2.17. The fourth-order valence-electron chi connectivity index (χ4n) is 1.24. The molecule has 0 aromatic heterocycles. The van der Waals surface area contributed by atoms with E-state index in [1.54, 1.807) is 38.1 Å². The van der Waals surface area contributed by atoms with Gasteiger partial charge in [0.1, 0.15) is 6.17 Å². The summed E-state index contributed by atoms with van der Waals surface area (Å²) in [6.07, 6.45) is -1.24. The van der Waals surface area contributed by atoms with E-state index in [2.05, 4.69) is 0 Å². The fourth-order valence-corrected chi connectivity index (χ4v) is 1.24.